The van der Waals surface area contributed by atoms with E-state index in [-0.39, 0.29) is 18.1 Å². The first-order valence-electron chi connectivity index (χ1n) is 5.70. The fraction of sp³-hybridized carbons (Fsp3) is 0.364. The number of carboxylic acid groups (broad SMARTS) is 1. The predicted molar refractivity (Wildman–Crippen MR) is 76.4 cm³/mol. The van der Waals surface area contributed by atoms with Crippen molar-refractivity contribution in [2.75, 3.05) is 26.3 Å². The Labute approximate surface area is 131 Å². The van der Waals surface area contributed by atoms with Crippen LogP contribution in [0.1, 0.15) is 10.4 Å². The number of hydrogen-bond acceptors (Lipinski definition) is 5. The van der Waals surface area contributed by atoms with Crippen LogP contribution in [0.3, 0.4) is 0 Å². The average Bonchev–Trinajstić information content (AvgIpc) is 2.37. The van der Waals surface area contributed by atoms with Crippen molar-refractivity contribution >= 4 is 39.2 Å². The summed E-state index contributed by atoms with van der Waals surface area (Å²) in [6, 6.07) is 2.19. The summed E-state index contributed by atoms with van der Waals surface area (Å²) >= 11 is 11.5. The zero-order chi connectivity index (χ0) is 16.2. The van der Waals surface area contributed by atoms with E-state index in [2.05, 4.69) is 0 Å². The molecular formula is C11H13Cl2NO6S. The third-order valence-electron chi connectivity index (χ3n) is 2.59. The molecule has 0 aromatic heterocycles. The molecule has 0 saturated carbocycles. The third kappa shape index (κ3) is 3.85. The van der Waals surface area contributed by atoms with Crippen LogP contribution in [0.2, 0.25) is 10.0 Å². The first kappa shape index (κ1) is 18.1. The lowest BCUT2D eigenvalue weighted by Gasteiger charge is -2.21. The van der Waals surface area contributed by atoms with E-state index in [9.17, 15) is 13.2 Å². The van der Waals surface area contributed by atoms with Crippen molar-refractivity contribution in [1.29, 1.82) is 0 Å². The van der Waals surface area contributed by atoms with Crippen LogP contribution in [0.25, 0.3) is 0 Å². The molecule has 7 nitrogen and oxygen atoms in total. The van der Waals surface area contributed by atoms with Crippen LogP contribution in [0.15, 0.2) is 17.0 Å². The minimum Gasteiger partial charge on any atom is -0.478 e. The number of aliphatic hydroxyl groups is 2. The topological polar surface area (TPSA) is 115 Å². The van der Waals surface area contributed by atoms with Crippen LogP contribution in [0.5, 0.6) is 0 Å². The maximum Gasteiger partial charge on any atom is 0.338 e. The Kier molecular flexibility index (Phi) is 6.39. The number of hydrogen-bond donors (Lipinski definition) is 3. The fourth-order valence-electron chi connectivity index (χ4n) is 1.64. The molecule has 0 aliphatic rings. The van der Waals surface area contributed by atoms with Gasteiger partial charge in [0.2, 0.25) is 10.0 Å². The van der Waals surface area contributed by atoms with Gasteiger partial charge in [0.1, 0.15) is 4.90 Å². The number of halogens is 2. The molecule has 0 atom stereocenters. The molecule has 118 valence electrons. The van der Waals surface area contributed by atoms with Crippen molar-refractivity contribution < 1.29 is 28.5 Å². The summed E-state index contributed by atoms with van der Waals surface area (Å²) in [6.07, 6.45) is 0. The number of carboxylic acids is 1. The third-order valence-corrected chi connectivity index (χ3v) is 5.35. The Morgan fingerprint density at radius 2 is 1.67 bits per heavy atom. The Hall–Kier alpha value is -0.900. The van der Waals surface area contributed by atoms with Gasteiger partial charge < -0.3 is 15.3 Å². The molecule has 0 spiro atoms. The van der Waals surface area contributed by atoms with Crippen LogP contribution in [0.4, 0.5) is 0 Å². The van der Waals surface area contributed by atoms with Gasteiger partial charge in [0, 0.05) is 13.1 Å². The molecule has 1 rings (SSSR count). The second-order valence-corrected chi connectivity index (χ2v) is 6.58. The number of nitrogens with zero attached hydrogens (tertiary/aromatic N) is 1. The highest BCUT2D eigenvalue weighted by Gasteiger charge is 2.29. The second kappa shape index (κ2) is 7.39. The van der Waals surface area contributed by atoms with Gasteiger partial charge in [0.25, 0.3) is 0 Å². The molecule has 0 saturated heterocycles. The molecule has 0 fully saturated rings. The van der Waals surface area contributed by atoms with Crippen molar-refractivity contribution in [2.24, 2.45) is 0 Å². The van der Waals surface area contributed by atoms with Crippen molar-refractivity contribution in [3.05, 3.63) is 27.7 Å². The number of carbonyl (C=O) groups is 1. The zero-order valence-electron chi connectivity index (χ0n) is 10.7. The van der Waals surface area contributed by atoms with E-state index in [0.29, 0.717) is 0 Å². The monoisotopic (exact) mass is 357 g/mol. The van der Waals surface area contributed by atoms with E-state index in [4.69, 9.17) is 38.5 Å². The highest BCUT2D eigenvalue weighted by molar-refractivity contribution is 7.89. The van der Waals surface area contributed by atoms with Crippen LogP contribution in [-0.4, -0.2) is 60.3 Å². The molecule has 0 amide bonds. The molecule has 1 aromatic carbocycles. The number of rotatable bonds is 7. The predicted octanol–water partition coefficient (Wildman–Crippen LogP) is 0.667. The highest BCUT2D eigenvalue weighted by Crippen LogP contribution is 2.32. The van der Waals surface area contributed by atoms with Gasteiger partial charge in [-0.3, -0.25) is 0 Å². The lowest BCUT2D eigenvalue weighted by atomic mass is 10.2. The highest BCUT2D eigenvalue weighted by atomic mass is 35.5. The second-order valence-electron chi connectivity index (χ2n) is 3.89. The summed E-state index contributed by atoms with van der Waals surface area (Å²) in [5.41, 5.74) is -0.521. The lowest BCUT2D eigenvalue weighted by Crippen LogP contribution is -2.36. The Morgan fingerprint density at radius 1 is 1.14 bits per heavy atom. The van der Waals surface area contributed by atoms with Gasteiger partial charge in [0.15, 0.2) is 0 Å². The van der Waals surface area contributed by atoms with Crippen molar-refractivity contribution in [3.63, 3.8) is 0 Å². The van der Waals surface area contributed by atoms with Gasteiger partial charge in [0.05, 0.1) is 28.8 Å². The van der Waals surface area contributed by atoms with Gasteiger partial charge >= 0.3 is 5.97 Å². The average molecular weight is 358 g/mol. The Morgan fingerprint density at radius 3 is 2.10 bits per heavy atom. The smallest absolute Gasteiger partial charge is 0.338 e. The van der Waals surface area contributed by atoms with E-state index in [1.54, 1.807) is 0 Å². The van der Waals surface area contributed by atoms with Gasteiger partial charge in [-0.25, -0.2) is 13.2 Å². The van der Waals surface area contributed by atoms with E-state index in [0.717, 1.165) is 16.4 Å². The number of sulfonamides is 1. The van der Waals surface area contributed by atoms with E-state index >= 15 is 0 Å². The SMILES string of the molecule is O=C(O)c1c(Cl)ccc(S(=O)(=O)N(CCO)CCO)c1Cl. The number of aromatic carboxylic acids is 1. The number of aliphatic hydroxyl groups excluding tert-OH is 2. The Bertz CT molecular complexity index is 628. The van der Waals surface area contributed by atoms with Crippen LogP contribution in [-0.2, 0) is 10.0 Å². The first-order chi connectivity index (χ1) is 9.77. The molecule has 1 aromatic rings. The number of benzene rings is 1. The van der Waals surface area contributed by atoms with Crippen LogP contribution >= 0.6 is 23.2 Å². The van der Waals surface area contributed by atoms with Crippen molar-refractivity contribution in [2.45, 2.75) is 4.90 Å². The molecule has 0 heterocycles. The molecule has 3 N–H and O–H groups in total. The van der Waals surface area contributed by atoms with Gasteiger partial charge in [-0.1, -0.05) is 23.2 Å². The summed E-state index contributed by atoms with van der Waals surface area (Å²) in [5, 5.41) is 26.1. The summed E-state index contributed by atoms with van der Waals surface area (Å²) in [7, 11) is -4.17. The first-order valence-corrected chi connectivity index (χ1v) is 7.90. The largest absolute Gasteiger partial charge is 0.478 e. The quantitative estimate of drug-likeness (QED) is 0.660. The van der Waals surface area contributed by atoms with Gasteiger partial charge in [-0.05, 0) is 12.1 Å². The van der Waals surface area contributed by atoms with Crippen molar-refractivity contribution in [3.8, 4) is 0 Å². The zero-order valence-corrected chi connectivity index (χ0v) is 13.0. The lowest BCUT2D eigenvalue weighted by molar-refractivity contribution is 0.0697. The van der Waals surface area contributed by atoms with Crippen LogP contribution < -0.4 is 0 Å². The van der Waals surface area contributed by atoms with E-state index < -0.39 is 44.7 Å². The van der Waals surface area contributed by atoms with Crippen LogP contribution in [0, 0.1) is 0 Å². The maximum atomic E-state index is 12.4. The molecule has 0 bridgehead atoms. The summed E-state index contributed by atoms with van der Waals surface area (Å²) in [5.74, 6) is -1.46. The normalized spacial score (nSPS) is 11.9. The van der Waals surface area contributed by atoms with E-state index in [1.165, 1.54) is 0 Å². The summed E-state index contributed by atoms with van der Waals surface area (Å²) in [6.45, 7) is -1.44. The standard InChI is InChI=1S/C11H13Cl2NO6S/c12-7-1-2-8(10(13)9(7)11(17)18)21(19,20)14(3-5-15)4-6-16/h1-2,15-16H,3-6H2,(H,17,18). The van der Waals surface area contributed by atoms with Crippen molar-refractivity contribution in [1.82, 2.24) is 4.31 Å². The summed E-state index contributed by atoms with van der Waals surface area (Å²) < 4.78 is 25.6. The molecule has 21 heavy (non-hydrogen) atoms. The fourth-order valence-corrected chi connectivity index (χ4v) is 3.96. The molecule has 0 unspecified atom stereocenters. The maximum absolute atomic E-state index is 12.4. The van der Waals surface area contributed by atoms with E-state index in [1.807, 2.05) is 0 Å². The molecule has 10 heteroatoms. The molecular weight excluding hydrogens is 345 g/mol. The minimum absolute atomic E-state index is 0.192. The molecule has 0 aliphatic heterocycles. The van der Waals surface area contributed by atoms with Gasteiger partial charge in [-0.2, -0.15) is 4.31 Å². The summed E-state index contributed by atoms with van der Waals surface area (Å²) in [4.78, 5) is 10.6. The minimum atomic E-state index is -4.17. The molecule has 0 radical (unpaired) electrons. The molecule has 0 aliphatic carbocycles. The Balaban J connectivity index is 3.44. The van der Waals surface area contributed by atoms with Gasteiger partial charge in [-0.15, -0.1) is 0 Å².